The summed E-state index contributed by atoms with van der Waals surface area (Å²) in [6, 6.07) is 5.61. The summed E-state index contributed by atoms with van der Waals surface area (Å²) in [5.74, 6) is 0.176. The van der Waals surface area contributed by atoms with E-state index in [1.54, 1.807) is 14.2 Å². The van der Waals surface area contributed by atoms with Gasteiger partial charge in [-0.25, -0.2) is 0 Å². The molecule has 0 aromatic heterocycles. The Morgan fingerprint density at radius 1 is 1.26 bits per heavy atom. The van der Waals surface area contributed by atoms with E-state index in [9.17, 15) is 9.59 Å². The van der Waals surface area contributed by atoms with Crippen molar-refractivity contribution in [2.24, 2.45) is 0 Å². The molecule has 0 spiro atoms. The van der Waals surface area contributed by atoms with Crippen molar-refractivity contribution in [3.63, 3.8) is 0 Å². The Balaban J connectivity index is 2.68. The third kappa shape index (κ3) is 4.28. The number of hydrogen-bond donors (Lipinski definition) is 0. The summed E-state index contributed by atoms with van der Waals surface area (Å²) in [7, 11) is 4.47. The van der Waals surface area contributed by atoms with Gasteiger partial charge in [0.25, 0.3) is 0 Å². The summed E-state index contributed by atoms with van der Waals surface area (Å²) < 4.78 is 9.73. The molecule has 104 valence electrons. The molecule has 0 aliphatic heterocycles. The van der Waals surface area contributed by atoms with Crippen molar-refractivity contribution >= 4 is 11.9 Å². The van der Waals surface area contributed by atoms with Crippen molar-refractivity contribution in [1.82, 2.24) is 4.90 Å². The Morgan fingerprint density at radius 2 is 1.95 bits per heavy atom. The van der Waals surface area contributed by atoms with Crippen molar-refractivity contribution in [2.45, 2.75) is 13.3 Å². The van der Waals surface area contributed by atoms with Crippen LogP contribution in [0.1, 0.15) is 11.1 Å². The van der Waals surface area contributed by atoms with Gasteiger partial charge in [-0.2, -0.15) is 0 Å². The molecule has 0 N–H and O–H groups in total. The number of nitrogens with zero attached hydrogens (tertiary/aromatic N) is 1. The standard InChI is InChI=1S/C14H19NO4/c1-10-5-6-11(7-12(10)18-3)8-13(16)15(2)9-14(17)19-4/h5-7H,8-9H2,1-4H3. The summed E-state index contributed by atoms with van der Waals surface area (Å²) >= 11 is 0. The van der Waals surface area contributed by atoms with E-state index in [-0.39, 0.29) is 18.9 Å². The minimum absolute atomic E-state index is 0.0433. The van der Waals surface area contributed by atoms with Gasteiger partial charge in [-0.05, 0) is 24.1 Å². The van der Waals surface area contributed by atoms with Gasteiger partial charge < -0.3 is 14.4 Å². The van der Waals surface area contributed by atoms with Gasteiger partial charge >= 0.3 is 5.97 Å². The second kappa shape index (κ2) is 6.78. The number of amides is 1. The van der Waals surface area contributed by atoms with Crippen LogP contribution in [0.4, 0.5) is 0 Å². The molecule has 0 fully saturated rings. The molecule has 0 heterocycles. The number of aryl methyl sites for hydroxylation is 1. The number of hydrogen-bond acceptors (Lipinski definition) is 4. The first kappa shape index (κ1) is 15.0. The van der Waals surface area contributed by atoms with Gasteiger partial charge in [-0.15, -0.1) is 0 Å². The molecule has 1 aromatic carbocycles. The maximum atomic E-state index is 11.9. The Hall–Kier alpha value is -2.04. The second-order valence-electron chi connectivity index (χ2n) is 4.31. The number of esters is 1. The summed E-state index contributed by atoms with van der Waals surface area (Å²) in [4.78, 5) is 24.4. The topological polar surface area (TPSA) is 55.8 Å². The van der Waals surface area contributed by atoms with Crippen LogP contribution in [0.3, 0.4) is 0 Å². The summed E-state index contributed by atoms with van der Waals surface area (Å²) in [6.07, 6.45) is 0.226. The van der Waals surface area contributed by atoms with Gasteiger partial charge in [-0.1, -0.05) is 12.1 Å². The van der Waals surface area contributed by atoms with Crippen LogP contribution in [-0.4, -0.2) is 44.6 Å². The Bertz CT molecular complexity index is 471. The predicted octanol–water partition coefficient (Wildman–Crippen LogP) is 1.18. The number of rotatable bonds is 5. The molecule has 0 bridgehead atoms. The zero-order valence-corrected chi connectivity index (χ0v) is 11.7. The zero-order chi connectivity index (χ0) is 14.4. The maximum Gasteiger partial charge on any atom is 0.325 e. The number of methoxy groups -OCH3 is 2. The Morgan fingerprint density at radius 3 is 2.53 bits per heavy atom. The fraction of sp³-hybridized carbons (Fsp3) is 0.429. The highest BCUT2D eigenvalue weighted by molar-refractivity contribution is 5.83. The van der Waals surface area contributed by atoms with Crippen LogP contribution in [0.25, 0.3) is 0 Å². The first-order chi connectivity index (χ1) is 8.97. The van der Waals surface area contributed by atoms with E-state index in [1.807, 2.05) is 25.1 Å². The zero-order valence-electron chi connectivity index (χ0n) is 11.7. The Labute approximate surface area is 113 Å². The number of carbonyl (C=O) groups excluding carboxylic acids is 2. The molecule has 0 atom stereocenters. The van der Waals surface area contributed by atoms with Crippen LogP contribution in [0.15, 0.2) is 18.2 Å². The fourth-order valence-corrected chi connectivity index (χ4v) is 1.63. The summed E-state index contributed by atoms with van der Waals surface area (Å²) in [5.41, 5.74) is 1.87. The summed E-state index contributed by atoms with van der Waals surface area (Å²) in [5, 5.41) is 0. The van der Waals surface area contributed by atoms with Crippen molar-refractivity contribution in [1.29, 1.82) is 0 Å². The van der Waals surface area contributed by atoms with Crippen LogP contribution in [0, 0.1) is 6.92 Å². The highest BCUT2D eigenvalue weighted by Crippen LogP contribution is 2.19. The molecule has 1 rings (SSSR count). The predicted molar refractivity (Wildman–Crippen MR) is 71.1 cm³/mol. The number of ether oxygens (including phenoxy) is 2. The quantitative estimate of drug-likeness (QED) is 0.750. The number of carbonyl (C=O) groups is 2. The smallest absolute Gasteiger partial charge is 0.325 e. The number of benzene rings is 1. The molecule has 1 amide bonds. The van der Waals surface area contributed by atoms with Crippen LogP contribution in [0.2, 0.25) is 0 Å². The van der Waals surface area contributed by atoms with Gasteiger partial charge in [0.15, 0.2) is 0 Å². The van der Waals surface area contributed by atoms with E-state index >= 15 is 0 Å². The largest absolute Gasteiger partial charge is 0.496 e. The lowest BCUT2D eigenvalue weighted by molar-refractivity contribution is -0.145. The van der Waals surface area contributed by atoms with Crippen LogP contribution < -0.4 is 4.74 Å². The molecule has 5 heteroatoms. The van der Waals surface area contributed by atoms with E-state index < -0.39 is 5.97 Å². The lowest BCUT2D eigenvalue weighted by atomic mass is 10.1. The van der Waals surface area contributed by atoms with Crippen molar-refractivity contribution in [2.75, 3.05) is 27.8 Å². The minimum Gasteiger partial charge on any atom is -0.496 e. The molecular weight excluding hydrogens is 246 g/mol. The monoisotopic (exact) mass is 265 g/mol. The Kier molecular flexibility index (Phi) is 5.36. The minimum atomic E-state index is -0.433. The molecule has 0 saturated carbocycles. The van der Waals surface area contributed by atoms with E-state index in [0.29, 0.717) is 0 Å². The van der Waals surface area contributed by atoms with E-state index in [1.165, 1.54) is 12.0 Å². The van der Waals surface area contributed by atoms with Crippen LogP contribution >= 0.6 is 0 Å². The molecule has 19 heavy (non-hydrogen) atoms. The van der Waals surface area contributed by atoms with Gasteiger partial charge in [0.1, 0.15) is 12.3 Å². The van der Waals surface area contributed by atoms with E-state index in [4.69, 9.17) is 4.74 Å². The third-order valence-corrected chi connectivity index (χ3v) is 2.85. The first-order valence-electron chi connectivity index (χ1n) is 5.92. The first-order valence-corrected chi connectivity index (χ1v) is 5.92. The molecule has 0 aliphatic rings. The molecule has 0 unspecified atom stereocenters. The molecule has 0 radical (unpaired) electrons. The fourth-order valence-electron chi connectivity index (χ4n) is 1.63. The highest BCUT2D eigenvalue weighted by atomic mass is 16.5. The molecule has 0 aliphatic carbocycles. The van der Waals surface area contributed by atoms with Crippen molar-refractivity contribution in [3.8, 4) is 5.75 Å². The third-order valence-electron chi connectivity index (χ3n) is 2.85. The SMILES string of the molecule is COC(=O)CN(C)C(=O)Cc1ccc(C)c(OC)c1. The van der Waals surface area contributed by atoms with Gasteiger partial charge in [0.05, 0.1) is 20.6 Å². The number of likely N-dealkylation sites (N-methyl/N-ethyl adjacent to an activating group) is 1. The lowest BCUT2D eigenvalue weighted by Gasteiger charge is -2.16. The molecule has 0 saturated heterocycles. The van der Waals surface area contributed by atoms with Crippen LogP contribution in [0.5, 0.6) is 5.75 Å². The highest BCUT2D eigenvalue weighted by Gasteiger charge is 2.14. The van der Waals surface area contributed by atoms with E-state index in [0.717, 1.165) is 16.9 Å². The summed E-state index contributed by atoms with van der Waals surface area (Å²) in [6.45, 7) is 1.89. The normalized spacial score (nSPS) is 9.89. The average molecular weight is 265 g/mol. The molecule has 5 nitrogen and oxygen atoms in total. The van der Waals surface area contributed by atoms with Crippen molar-refractivity contribution in [3.05, 3.63) is 29.3 Å². The second-order valence-corrected chi connectivity index (χ2v) is 4.31. The average Bonchev–Trinajstić information content (AvgIpc) is 2.40. The van der Waals surface area contributed by atoms with Gasteiger partial charge in [0, 0.05) is 7.05 Å². The van der Waals surface area contributed by atoms with Crippen LogP contribution in [-0.2, 0) is 20.7 Å². The van der Waals surface area contributed by atoms with E-state index in [2.05, 4.69) is 4.74 Å². The van der Waals surface area contributed by atoms with Gasteiger partial charge in [0.2, 0.25) is 5.91 Å². The van der Waals surface area contributed by atoms with Crippen molar-refractivity contribution < 1.29 is 19.1 Å². The van der Waals surface area contributed by atoms with Gasteiger partial charge in [-0.3, -0.25) is 9.59 Å². The lowest BCUT2D eigenvalue weighted by Crippen LogP contribution is -2.33. The molecular formula is C14H19NO4. The molecule has 1 aromatic rings. The maximum absolute atomic E-state index is 11.9.